The van der Waals surface area contributed by atoms with E-state index in [0.29, 0.717) is 22.9 Å². The van der Waals surface area contributed by atoms with Gasteiger partial charge in [-0.1, -0.05) is 18.2 Å². The van der Waals surface area contributed by atoms with Gasteiger partial charge >= 0.3 is 5.97 Å². The van der Waals surface area contributed by atoms with Crippen molar-refractivity contribution in [3.05, 3.63) is 60.2 Å². The molecule has 0 unspecified atom stereocenters. The molecule has 5 rings (SSSR count). The van der Waals surface area contributed by atoms with Gasteiger partial charge in [0.1, 0.15) is 11.5 Å². The summed E-state index contributed by atoms with van der Waals surface area (Å²) in [7, 11) is 2.97. The largest absolute Gasteiger partial charge is 0.497 e. The van der Waals surface area contributed by atoms with Gasteiger partial charge in [-0.25, -0.2) is 9.69 Å². The molecule has 1 N–H and O–H groups in total. The molecule has 2 aromatic carbocycles. The molecule has 9 heteroatoms. The first kappa shape index (κ1) is 22.6. The first-order valence-corrected chi connectivity index (χ1v) is 11.3. The second kappa shape index (κ2) is 8.90. The van der Waals surface area contributed by atoms with Crippen molar-refractivity contribution < 1.29 is 33.4 Å². The number of amides is 3. The van der Waals surface area contributed by atoms with Crippen LogP contribution in [-0.4, -0.2) is 44.5 Å². The highest BCUT2D eigenvalue weighted by molar-refractivity contribution is 6.23. The number of imide groups is 1. The zero-order chi connectivity index (χ0) is 24.7. The van der Waals surface area contributed by atoms with Gasteiger partial charge in [0.25, 0.3) is 5.91 Å². The maximum Gasteiger partial charge on any atom is 0.338 e. The van der Waals surface area contributed by atoms with Crippen molar-refractivity contribution in [1.29, 1.82) is 0 Å². The fourth-order valence-electron chi connectivity index (χ4n) is 5.24. The SMILES string of the molecule is COc1ccc(OC)c(NC(=O)COC(=O)c2cccc(N3C(=O)[C@@H]4[C@@H](C3=O)[C@H]3C=C[C@H]4C3)c2)c1. The summed E-state index contributed by atoms with van der Waals surface area (Å²) in [5, 5.41) is 2.62. The lowest BCUT2D eigenvalue weighted by molar-refractivity contribution is -0.123. The molecule has 0 aromatic heterocycles. The van der Waals surface area contributed by atoms with Crippen LogP contribution in [0.2, 0.25) is 0 Å². The summed E-state index contributed by atoms with van der Waals surface area (Å²) < 4.78 is 15.5. The predicted octanol–water partition coefficient (Wildman–Crippen LogP) is 2.81. The van der Waals surface area contributed by atoms with Crippen molar-refractivity contribution in [3.63, 3.8) is 0 Å². The van der Waals surface area contributed by atoms with E-state index >= 15 is 0 Å². The summed E-state index contributed by atoms with van der Waals surface area (Å²) >= 11 is 0. The van der Waals surface area contributed by atoms with Crippen molar-refractivity contribution in [2.24, 2.45) is 23.7 Å². The summed E-state index contributed by atoms with van der Waals surface area (Å²) in [5.41, 5.74) is 0.830. The number of hydrogen-bond acceptors (Lipinski definition) is 7. The van der Waals surface area contributed by atoms with Crippen LogP contribution in [0, 0.1) is 23.7 Å². The maximum atomic E-state index is 13.0. The molecule has 3 aliphatic rings. The highest BCUT2D eigenvalue weighted by Gasteiger charge is 2.59. The van der Waals surface area contributed by atoms with Gasteiger partial charge < -0.3 is 19.5 Å². The number of methoxy groups -OCH3 is 2. The number of hydrogen-bond donors (Lipinski definition) is 1. The van der Waals surface area contributed by atoms with E-state index < -0.39 is 18.5 Å². The number of fused-ring (bicyclic) bond motifs is 5. The minimum Gasteiger partial charge on any atom is -0.497 e. The Kier molecular flexibility index (Phi) is 5.76. The van der Waals surface area contributed by atoms with Crippen LogP contribution in [-0.2, 0) is 19.1 Å². The van der Waals surface area contributed by atoms with Gasteiger partial charge in [-0.05, 0) is 48.6 Å². The second-order valence-corrected chi connectivity index (χ2v) is 8.75. The number of carbonyl (C=O) groups is 4. The third-order valence-corrected chi connectivity index (χ3v) is 6.83. The van der Waals surface area contributed by atoms with Gasteiger partial charge in [-0.2, -0.15) is 0 Å². The molecule has 0 radical (unpaired) electrons. The molecule has 2 fully saturated rings. The molecule has 2 aromatic rings. The number of anilines is 2. The lowest BCUT2D eigenvalue weighted by atomic mass is 9.85. The maximum absolute atomic E-state index is 13.0. The predicted molar refractivity (Wildman–Crippen MR) is 125 cm³/mol. The first-order chi connectivity index (χ1) is 16.9. The van der Waals surface area contributed by atoms with Crippen molar-refractivity contribution in [3.8, 4) is 11.5 Å². The summed E-state index contributed by atoms with van der Waals surface area (Å²) in [5.74, 6) is -1.29. The van der Waals surface area contributed by atoms with Gasteiger partial charge in [-0.15, -0.1) is 0 Å². The standard InChI is InChI=1S/C26H24N2O7/c1-33-18-8-9-20(34-2)19(12-18)27-21(29)13-35-26(32)16-4-3-5-17(11-16)28-24(30)22-14-6-7-15(10-14)23(22)25(28)31/h3-9,11-12,14-15,22-23H,10,13H2,1-2H3,(H,27,29)/t14-,15-,22-,23-/m0/s1. The molecule has 180 valence electrons. The van der Waals surface area contributed by atoms with Crippen LogP contribution in [0.1, 0.15) is 16.8 Å². The fraction of sp³-hybridized carbons (Fsp3) is 0.308. The third kappa shape index (κ3) is 3.92. The van der Waals surface area contributed by atoms with Gasteiger partial charge in [-0.3, -0.25) is 14.4 Å². The van der Waals surface area contributed by atoms with E-state index in [4.69, 9.17) is 14.2 Å². The monoisotopic (exact) mass is 476 g/mol. The Morgan fingerprint density at radius 1 is 0.971 bits per heavy atom. The lowest BCUT2D eigenvalue weighted by Gasteiger charge is -2.18. The Morgan fingerprint density at radius 3 is 2.34 bits per heavy atom. The van der Waals surface area contributed by atoms with Crippen molar-refractivity contribution >= 4 is 35.1 Å². The first-order valence-electron chi connectivity index (χ1n) is 11.3. The van der Waals surface area contributed by atoms with Gasteiger partial charge in [0.05, 0.1) is 43.0 Å². The van der Waals surface area contributed by atoms with E-state index in [-0.39, 0.29) is 41.0 Å². The molecule has 1 aliphatic heterocycles. The summed E-state index contributed by atoms with van der Waals surface area (Å²) in [6.07, 6.45) is 4.90. The Bertz CT molecular complexity index is 1220. The van der Waals surface area contributed by atoms with E-state index in [1.807, 2.05) is 12.2 Å². The van der Waals surface area contributed by atoms with E-state index in [2.05, 4.69) is 5.32 Å². The van der Waals surface area contributed by atoms with Gasteiger partial charge in [0.15, 0.2) is 6.61 Å². The Balaban J connectivity index is 1.24. The molecule has 1 saturated carbocycles. The van der Waals surface area contributed by atoms with Crippen LogP contribution >= 0.6 is 0 Å². The van der Waals surface area contributed by atoms with Crippen LogP contribution in [0.25, 0.3) is 0 Å². The number of rotatable bonds is 7. The Hall–Kier alpha value is -4.14. The fourth-order valence-corrected chi connectivity index (χ4v) is 5.24. The molecule has 1 saturated heterocycles. The zero-order valence-electron chi connectivity index (χ0n) is 19.2. The van der Waals surface area contributed by atoms with Crippen LogP contribution in [0.15, 0.2) is 54.6 Å². The van der Waals surface area contributed by atoms with Crippen molar-refractivity contribution in [2.75, 3.05) is 31.0 Å². The highest BCUT2D eigenvalue weighted by Crippen LogP contribution is 2.53. The van der Waals surface area contributed by atoms with E-state index in [1.165, 1.54) is 31.3 Å². The summed E-state index contributed by atoms with van der Waals surface area (Å²) in [6, 6.07) is 11.1. The van der Waals surface area contributed by atoms with Crippen molar-refractivity contribution in [1.82, 2.24) is 0 Å². The molecule has 9 nitrogen and oxygen atoms in total. The molecule has 2 bridgehead atoms. The summed E-state index contributed by atoms with van der Waals surface area (Å²) in [6.45, 7) is -0.538. The number of benzene rings is 2. The Labute approximate surface area is 201 Å². The third-order valence-electron chi connectivity index (χ3n) is 6.83. The van der Waals surface area contributed by atoms with Gasteiger partial charge in [0, 0.05) is 6.07 Å². The van der Waals surface area contributed by atoms with E-state index in [1.54, 1.807) is 30.3 Å². The average Bonchev–Trinajstić information content (AvgIpc) is 3.56. The molecule has 3 amide bonds. The number of carbonyl (C=O) groups excluding carboxylic acids is 4. The number of ether oxygens (including phenoxy) is 3. The molecule has 4 atom stereocenters. The minimum atomic E-state index is -0.749. The quantitative estimate of drug-likeness (QED) is 0.372. The van der Waals surface area contributed by atoms with Crippen LogP contribution in [0.4, 0.5) is 11.4 Å². The lowest BCUT2D eigenvalue weighted by Crippen LogP contribution is -2.33. The molecule has 1 heterocycles. The Morgan fingerprint density at radius 2 is 1.69 bits per heavy atom. The number of nitrogens with one attached hydrogen (secondary N) is 1. The normalized spacial score (nSPS) is 23.9. The van der Waals surface area contributed by atoms with E-state index in [9.17, 15) is 19.2 Å². The minimum absolute atomic E-state index is 0.0984. The zero-order valence-corrected chi connectivity index (χ0v) is 19.2. The van der Waals surface area contributed by atoms with Gasteiger partial charge in [0.2, 0.25) is 11.8 Å². The van der Waals surface area contributed by atoms with E-state index in [0.717, 1.165) is 6.42 Å². The van der Waals surface area contributed by atoms with Crippen LogP contribution in [0.3, 0.4) is 0 Å². The molecular formula is C26H24N2O7. The molecule has 2 aliphatic carbocycles. The van der Waals surface area contributed by atoms with Crippen LogP contribution in [0.5, 0.6) is 11.5 Å². The average molecular weight is 476 g/mol. The highest BCUT2D eigenvalue weighted by atomic mass is 16.5. The number of esters is 1. The van der Waals surface area contributed by atoms with Crippen molar-refractivity contribution in [2.45, 2.75) is 6.42 Å². The number of nitrogens with zero attached hydrogens (tertiary/aromatic N) is 1. The summed E-state index contributed by atoms with van der Waals surface area (Å²) in [4.78, 5) is 52.2. The molecular weight excluding hydrogens is 452 g/mol. The second-order valence-electron chi connectivity index (χ2n) is 8.75. The molecule has 0 spiro atoms. The smallest absolute Gasteiger partial charge is 0.338 e. The van der Waals surface area contributed by atoms with Crippen LogP contribution < -0.4 is 19.7 Å². The number of allylic oxidation sites excluding steroid dienone is 2. The topological polar surface area (TPSA) is 111 Å². The molecule has 35 heavy (non-hydrogen) atoms.